The van der Waals surface area contributed by atoms with Crippen LogP contribution in [0.15, 0.2) is 72.8 Å². The lowest BCUT2D eigenvalue weighted by atomic mass is 10.1. The summed E-state index contributed by atoms with van der Waals surface area (Å²) in [5.74, 6) is -0.0979. The molecule has 194 valence electrons. The molecule has 3 aromatic rings. The maximum absolute atomic E-state index is 12.3. The lowest BCUT2D eigenvalue weighted by molar-refractivity contribution is -0.121. The second-order valence-electron chi connectivity index (χ2n) is 8.09. The van der Waals surface area contributed by atoms with E-state index in [4.69, 9.17) is 14.2 Å². The van der Waals surface area contributed by atoms with Crippen molar-refractivity contribution in [3.05, 3.63) is 95.1 Å². The van der Waals surface area contributed by atoms with Crippen LogP contribution in [0.4, 0.5) is 0 Å². The van der Waals surface area contributed by atoms with E-state index in [2.05, 4.69) is 0 Å². The Morgan fingerprint density at radius 3 is 1.92 bits per heavy atom. The molecule has 1 N–H and O–H groups in total. The number of allylic oxidation sites excluding steroid dienone is 2. The van der Waals surface area contributed by atoms with Gasteiger partial charge in [0, 0.05) is 5.56 Å². The number of Topliss-reactive ketones (excluding diaryl/α,β-unsaturated/α-hetero) is 1. The van der Waals surface area contributed by atoms with Crippen LogP contribution in [0.5, 0.6) is 23.0 Å². The first-order valence-electron chi connectivity index (χ1n) is 11.5. The third kappa shape index (κ3) is 7.76. The number of rotatable bonds is 13. The Balaban J connectivity index is 1.56. The molecule has 0 aromatic heterocycles. The van der Waals surface area contributed by atoms with E-state index in [-0.39, 0.29) is 42.4 Å². The van der Waals surface area contributed by atoms with Gasteiger partial charge in [-0.05, 0) is 53.1 Å². The minimum atomic E-state index is -0.586. The van der Waals surface area contributed by atoms with Crippen LogP contribution in [0, 0.1) is 0 Å². The van der Waals surface area contributed by atoms with E-state index in [1.54, 1.807) is 66.7 Å². The molecule has 0 spiro atoms. The van der Waals surface area contributed by atoms with Crippen molar-refractivity contribution in [2.24, 2.45) is 0 Å². The van der Waals surface area contributed by atoms with Crippen LogP contribution in [-0.2, 0) is 21.0 Å². The standard InChI is InChI=1S/C30H26O8/c1-36-29-15-20(7-13-26(29)34)5-11-24(32)17-25(33)12-6-21-8-14-28(30(16-21)37-2)38-19-22-3-9-23(10-4-22)27(35)18-31/h3-16,18,34H,17,19H2,1-2H3. The number of aldehydes is 1. The predicted octanol–water partition coefficient (Wildman–Crippen LogP) is 4.62. The first kappa shape index (κ1) is 27.6. The third-order valence-corrected chi connectivity index (χ3v) is 5.40. The average molecular weight is 515 g/mol. The summed E-state index contributed by atoms with van der Waals surface area (Å²) in [5.41, 5.74) is 2.43. The molecule has 8 nitrogen and oxygen atoms in total. The summed E-state index contributed by atoms with van der Waals surface area (Å²) in [6.07, 6.45) is 5.74. The summed E-state index contributed by atoms with van der Waals surface area (Å²) in [4.78, 5) is 46.4. The van der Waals surface area contributed by atoms with Crippen LogP contribution in [-0.4, -0.2) is 43.0 Å². The van der Waals surface area contributed by atoms with Gasteiger partial charge in [-0.3, -0.25) is 19.2 Å². The molecular weight excluding hydrogens is 488 g/mol. The molecule has 0 heterocycles. The second kappa shape index (κ2) is 13.4. The normalized spacial score (nSPS) is 10.9. The molecule has 0 unspecified atom stereocenters. The summed E-state index contributed by atoms with van der Waals surface area (Å²) in [6, 6.07) is 16.3. The molecule has 0 amide bonds. The highest BCUT2D eigenvalue weighted by Crippen LogP contribution is 2.29. The number of hydrogen-bond acceptors (Lipinski definition) is 8. The summed E-state index contributed by atoms with van der Waals surface area (Å²) in [6.45, 7) is 0.214. The van der Waals surface area contributed by atoms with E-state index in [1.165, 1.54) is 32.4 Å². The molecule has 0 saturated carbocycles. The van der Waals surface area contributed by atoms with Crippen molar-refractivity contribution in [2.45, 2.75) is 13.0 Å². The van der Waals surface area contributed by atoms with Crippen molar-refractivity contribution in [3.63, 3.8) is 0 Å². The molecule has 3 rings (SSSR count). The zero-order valence-corrected chi connectivity index (χ0v) is 20.9. The number of aromatic hydroxyl groups is 1. The number of carbonyl (C=O) groups is 4. The second-order valence-corrected chi connectivity index (χ2v) is 8.09. The Kier molecular flexibility index (Phi) is 9.71. The number of carbonyl (C=O) groups excluding carboxylic acids is 4. The SMILES string of the molecule is COc1cc(C=CC(=O)CC(=O)C=Cc2ccc(OCc3ccc(C(=O)C=O)cc3)c(OC)c2)ccc1O. The summed E-state index contributed by atoms with van der Waals surface area (Å²) >= 11 is 0. The molecule has 3 aromatic carbocycles. The van der Waals surface area contributed by atoms with Gasteiger partial charge in [0.25, 0.3) is 0 Å². The van der Waals surface area contributed by atoms with Gasteiger partial charge in [0.15, 0.2) is 40.9 Å². The van der Waals surface area contributed by atoms with Crippen molar-refractivity contribution in [1.82, 2.24) is 0 Å². The van der Waals surface area contributed by atoms with Crippen molar-refractivity contribution >= 4 is 35.8 Å². The summed E-state index contributed by atoms with van der Waals surface area (Å²) < 4.78 is 16.2. The first-order chi connectivity index (χ1) is 18.3. The third-order valence-electron chi connectivity index (χ3n) is 5.40. The quantitative estimate of drug-likeness (QED) is 0.115. The van der Waals surface area contributed by atoms with Crippen LogP contribution in [0.3, 0.4) is 0 Å². The van der Waals surface area contributed by atoms with Crippen molar-refractivity contribution < 1.29 is 38.5 Å². The Labute approximate surface area is 219 Å². The van der Waals surface area contributed by atoms with Gasteiger partial charge in [0.1, 0.15) is 6.61 Å². The van der Waals surface area contributed by atoms with Gasteiger partial charge in [0.2, 0.25) is 5.78 Å². The minimum Gasteiger partial charge on any atom is -0.504 e. The van der Waals surface area contributed by atoms with E-state index in [0.29, 0.717) is 28.2 Å². The van der Waals surface area contributed by atoms with E-state index < -0.39 is 5.78 Å². The monoisotopic (exact) mass is 514 g/mol. The highest BCUT2D eigenvalue weighted by molar-refractivity contribution is 6.33. The summed E-state index contributed by atoms with van der Waals surface area (Å²) in [7, 11) is 2.92. The summed E-state index contributed by atoms with van der Waals surface area (Å²) in [5, 5.41) is 9.64. The fraction of sp³-hybridized carbons (Fsp3) is 0.133. The number of benzene rings is 3. The Hall–Kier alpha value is -4.98. The van der Waals surface area contributed by atoms with Gasteiger partial charge in [0.05, 0.1) is 20.6 Å². The highest BCUT2D eigenvalue weighted by atomic mass is 16.5. The molecule has 0 aliphatic heterocycles. The number of methoxy groups -OCH3 is 2. The smallest absolute Gasteiger partial charge is 0.225 e. The minimum absolute atomic E-state index is 0.00652. The van der Waals surface area contributed by atoms with Gasteiger partial charge in [-0.2, -0.15) is 0 Å². The van der Waals surface area contributed by atoms with E-state index in [0.717, 1.165) is 5.56 Å². The molecule has 0 fully saturated rings. The maximum atomic E-state index is 12.3. The molecule has 0 aliphatic rings. The Bertz CT molecular complexity index is 1380. The molecule has 0 radical (unpaired) electrons. The van der Waals surface area contributed by atoms with Crippen molar-refractivity contribution in [3.8, 4) is 23.0 Å². The Morgan fingerprint density at radius 1 is 0.763 bits per heavy atom. The molecule has 8 heteroatoms. The topological polar surface area (TPSA) is 116 Å². The molecular formula is C30H26O8. The first-order valence-corrected chi connectivity index (χ1v) is 11.5. The molecule has 0 bridgehead atoms. The van der Waals surface area contributed by atoms with Crippen LogP contribution in [0.2, 0.25) is 0 Å². The van der Waals surface area contributed by atoms with Gasteiger partial charge in [-0.1, -0.05) is 48.6 Å². The fourth-order valence-electron chi connectivity index (χ4n) is 3.37. The average Bonchev–Trinajstić information content (AvgIpc) is 2.94. The largest absolute Gasteiger partial charge is 0.504 e. The molecule has 38 heavy (non-hydrogen) atoms. The van der Waals surface area contributed by atoms with Crippen LogP contribution in [0.25, 0.3) is 12.2 Å². The number of phenols is 1. The number of hydrogen-bond donors (Lipinski definition) is 1. The van der Waals surface area contributed by atoms with Gasteiger partial charge in [-0.25, -0.2) is 0 Å². The fourth-order valence-corrected chi connectivity index (χ4v) is 3.37. The lowest BCUT2D eigenvalue weighted by Crippen LogP contribution is -2.02. The Morgan fingerprint density at radius 2 is 1.34 bits per heavy atom. The zero-order chi connectivity index (χ0) is 27.5. The predicted molar refractivity (Wildman–Crippen MR) is 142 cm³/mol. The van der Waals surface area contributed by atoms with Crippen molar-refractivity contribution in [1.29, 1.82) is 0 Å². The van der Waals surface area contributed by atoms with Gasteiger partial charge >= 0.3 is 0 Å². The van der Waals surface area contributed by atoms with Crippen molar-refractivity contribution in [2.75, 3.05) is 14.2 Å². The molecule has 0 atom stereocenters. The number of ketones is 3. The number of ether oxygens (including phenoxy) is 3. The van der Waals surface area contributed by atoms with Gasteiger partial charge < -0.3 is 19.3 Å². The van der Waals surface area contributed by atoms with Crippen LogP contribution in [0.1, 0.15) is 33.5 Å². The van der Waals surface area contributed by atoms with Crippen LogP contribution >= 0.6 is 0 Å². The lowest BCUT2D eigenvalue weighted by Gasteiger charge is -2.11. The molecule has 0 saturated heterocycles. The van der Waals surface area contributed by atoms with Gasteiger partial charge in [-0.15, -0.1) is 0 Å². The molecule has 0 aliphatic carbocycles. The van der Waals surface area contributed by atoms with E-state index in [9.17, 15) is 24.3 Å². The number of phenolic OH excluding ortho intramolecular Hbond substituents is 1. The van der Waals surface area contributed by atoms with E-state index >= 15 is 0 Å². The zero-order valence-electron chi connectivity index (χ0n) is 20.9. The van der Waals surface area contributed by atoms with E-state index in [1.807, 2.05) is 0 Å². The highest BCUT2D eigenvalue weighted by Gasteiger charge is 2.09. The van der Waals surface area contributed by atoms with Crippen LogP contribution < -0.4 is 14.2 Å². The maximum Gasteiger partial charge on any atom is 0.225 e.